The number of carbonyl (C=O) groups is 2. The number of nitrogens with one attached hydrogen (secondary N) is 1. The highest BCUT2D eigenvalue weighted by Crippen LogP contribution is 2.34. The summed E-state index contributed by atoms with van der Waals surface area (Å²) in [6, 6.07) is 7.69. The fourth-order valence-electron chi connectivity index (χ4n) is 7.19. The van der Waals surface area contributed by atoms with Crippen LogP contribution in [0.5, 0.6) is 0 Å². The van der Waals surface area contributed by atoms with Crippen LogP contribution in [0.15, 0.2) is 22.6 Å². The molecule has 4 aliphatic rings. The van der Waals surface area contributed by atoms with Gasteiger partial charge in [0.2, 0.25) is 0 Å². The van der Waals surface area contributed by atoms with Crippen molar-refractivity contribution in [3.63, 3.8) is 0 Å². The SMILES string of the molecule is C[C@H]1CN(C(=O)N2CCCC2)C[C@H](C)N1c1nc2c(C(=O)NC3CC4CCCC(C3)N4C)cccc2o1. The van der Waals surface area contributed by atoms with Crippen molar-refractivity contribution >= 4 is 29.1 Å². The first kappa shape index (κ1) is 24.5. The smallest absolute Gasteiger partial charge is 0.320 e. The van der Waals surface area contributed by atoms with Crippen molar-refractivity contribution in [3.8, 4) is 0 Å². The average molecular weight is 509 g/mol. The van der Waals surface area contributed by atoms with Crippen LogP contribution < -0.4 is 10.2 Å². The highest BCUT2D eigenvalue weighted by atomic mass is 16.4. The molecule has 1 aromatic heterocycles. The molecule has 0 spiro atoms. The largest absolute Gasteiger partial charge is 0.423 e. The Morgan fingerprint density at radius 2 is 1.65 bits per heavy atom. The number of likely N-dealkylation sites (tertiary alicyclic amines) is 1. The van der Waals surface area contributed by atoms with Crippen molar-refractivity contribution in [2.45, 2.75) is 89.0 Å². The molecule has 9 heteroatoms. The van der Waals surface area contributed by atoms with Crippen LogP contribution in [0.25, 0.3) is 11.1 Å². The molecule has 1 aromatic carbocycles. The van der Waals surface area contributed by atoms with E-state index < -0.39 is 0 Å². The Morgan fingerprint density at radius 1 is 0.973 bits per heavy atom. The molecule has 0 saturated carbocycles. The third-order valence-corrected chi connectivity index (χ3v) is 9.11. The lowest BCUT2D eigenvalue weighted by atomic mass is 9.82. The number of nitrogens with zero attached hydrogens (tertiary/aromatic N) is 5. The van der Waals surface area contributed by atoms with Gasteiger partial charge in [0.15, 0.2) is 5.58 Å². The van der Waals surface area contributed by atoms with E-state index in [0.29, 0.717) is 47.9 Å². The number of amides is 3. The van der Waals surface area contributed by atoms with E-state index in [1.165, 1.54) is 19.3 Å². The third kappa shape index (κ3) is 4.56. The summed E-state index contributed by atoms with van der Waals surface area (Å²) >= 11 is 0. The van der Waals surface area contributed by atoms with Gasteiger partial charge in [-0.15, -0.1) is 0 Å². The van der Waals surface area contributed by atoms with Crippen LogP contribution in [0.1, 0.15) is 69.2 Å². The van der Waals surface area contributed by atoms with E-state index in [4.69, 9.17) is 9.40 Å². The second kappa shape index (κ2) is 9.82. The molecule has 5 heterocycles. The first-order valence-corrected chi connectivity index (χ1v) is 14.1. The Hall–Kier alpha value is -2.81. The predicted octanol–water partition coefficient (Wildman–Crippen LogP) is 3.69. The number of rotatable bonds is 3. The fraction of sp³-hybridized carbons (Fsp3) is 0.679. The number of aromatic nitrogens is 1. The number of oxazole rings is 1. The van der Waals surface area contributed by atoms with E-state index in [2.05, 4.69) is 36.0 Å². The number of piperazine rings is 1. The van der Waals surface area contributed by atoms with Gasteiger partial charge in [0.05, 0.1) is 5.56 Å². The molecule has 6 rings (SSSR count). The van der Waals surface area contributed by atoms with Gasteiger partial charge in [0.1, 0.15) is 5.52 Å². The molecule has 2 aromatic rings. The summed E-state index contributed by atoms with van der Waals surface area (Å²) in [7, 11) is 2.23. The molecule has 200 valence electrons. The van der Waals surface area contributed by atoms with E-state index >= 15 is 0 Å². The summed E-state index contributed by atoms with van der Waals surface area (Å²) in [6.45, 7) is 7.19. The summed E-state index contributed by atoms with van der Waals surface area (Å²) in [4.78, 5) is 39.9. The van der Waals surface area contributed by atoms with E-state index in [1.807, 2.05) is 28.0 Å². The van der Waals surface area contributed by atoms with Crippen molar-refractivity contribution < 1.29 is 14.0 Å². The fourth-order valence-corrected chi connectivity index (χ4v) is 7.19. The third-order valence-electron chi connectivity index (χ3n) is 9.11. The van der Waals surface area contributed by atoms with Crippen molar-refractivity contribution in [2.75, 3.05) is 38.1 Å². The minimum Gasteiger partial charge on any atom is -0.423 e. The van der Waals surface area contributed by atoms with Crippen molar-refractivity contribution in [2.24, 2.45) is 0 Å². The van der Waals surface area contributed by atoms with Crippen molar-refractivity contribution in [1.82, 2.24) is 25.0 Å². The Balaban J connectivity index is 1.18. The summed E-state index contributed by atoms with van der Waals surface area (Å²) in [6.07, 6.45) is 7.92. The lowest BCUT2D eigenvalue weighted by Crippen LogP contribution is -2.60. The normalized spacial score (nSPS) is 30.7. The number of anilines is 1. The number of hydrogen-bond acceptors (Lipinski definition) is 6. The Kier molecular flexibility index (Phi) is 6.51. The molecule has 4 aliphatic heterocycles. The number of benzene rings is 1. The summed E-state index contributed by atoms with van der Waals surface area (Å²) < 4.78 is 6.21. The van der Waals surface area contributed by atoms with E-state index in [-0.39, 0.29) is 30.1 Å². The van der Waals surface area contributed by atoms with Gasteiger partial charge >= 0.3 is 6.03 Å². The van der Waals surface area contributed by atoms with Crippen molar-refractivity contribution in [1.29, 1.82) is 0 Å². The van der Waals surface area contributed by atoms with Gasteiger partial charge in [0, 0.05) is 56.4 Å². The Bertz CT molecular complexity index is 1130. The molecule has 2 bridgehead atoms. The number of piperidine rings is 2. The van der Waals surface area contributed by atoms with Gasteiger partial charge in [-0.25, -0.2) is 4.79 Å². The standard InChI is InChI=1S/C28H40N6O3/c1-18-16-33(28(36)32-12-4-5-13-32)17-19(2)34(18)27-30-25-23(10-7-11-24(25)37-27)26(35)29-20-14-21-8-6-9-22(15-20)31(21)3/h7,10-11,18-22H,4-6,8-9,12-17H2,1-3H3,(H,29,35)/t18-,19-,20?,21?,22?/m0/s1. The lowest BCUT2D eigenvalue weighted by molar-refractivity contribution is 0.0463. The first-order valence-electron chi connectivity index (χ1n) is 14.1. The van der Waals surface area contributed by atoms with Gasteiger partial charge in [-0.05, 0) is 71.6 Å². The second-order valence-electron chi connectivity index (χ2n) is 11.7. The zero-order valence-electron chi connectivity index (χ0n) is 22.4. The first-order chi connectivity index (χ1) is 17.9. The molecule has 0 aliphatic carbocycles. The number of fused-ring (bicyclic) bond motifs is 3. The van der Waals surface area contributed by atoms with Gasteiger partial charge in [-0.3, -0.25) is 4.79 Å². The van der Waals surface area contributed by atoms with Crippen LogP contribution in [-0.4, -0.2) is 95.1 Å². The molecule has 3 amide bonds. The van der Waals surface area contributed by atoms with Crippen LogP contribution in [0, 0.1) is 0 Å². The highest BCUT2D eigenvalue weighted by molar-refractivity contribution is 6.04. The molecule has 4 saturated heterocycles. The van der Waals surface area contributed by atoms with Gasteiger partial charge in [0.25, 0.3) is 11.9 Å². The maximum Gasteiger partial charge on any atom is 0.320 e. The van der Waals surface area contributed by atoms with Crippen LogP contribution in [0.4, 0.5) is 10.8 Å². The van der Waals surface area contributed by atoms with Crippen molar-refractivity contribution in [3.05, 3.63) is 23.8 Å². The zero-order valence-corrected chi connectivity index (χ0v) is 22.4. The molecule has 1 N–H and O–H groups in total. The van der Waals surface area contributed by atoms with Crippen LogP contribution in [-0.2, 0) is 0 Å². The van der Waals surface area contributed by atoms with E-state index in [0.717, 1.165) is 38.8 Å². The van der Waals surface area contributed by atoms with E-state index in [1.54, 1.807) is 0 Å². The number of hydrogen-bond donors (Lipinski definition) is 1. The number of carbonyl (C=O) groups excluding carboxylic acids is 2. The maximum absolute atomic E-state index is 13.4. The topological polar surface area (TPSA) is 85.2 Å². The molecular formula is C28H40N6O3. The van der Waals surface area contributed by atoms with Crippen LogP contribution >= 0.6 is 0 Å². The summed E-state index contributed by atoms with van der Waals surface area (Å²) in [5.74, 6) is -0.0693. The molecule has 2 unspecified atom stereocenters. The second-order valence-corrected chi connectivity index (χ2v) is 11.7. The highest BCUT2D eigenvalue weighted by Gasteiger charge is 2.38. The maximum atomic E-state index is 13.4. The minimum atomic E-state index is -0.0693. The molecule has 0 radical (unpaired) electrons. The predicted molar refractivity (Wildman–Crippen MR) is 143 cm³/mol. The Morgan fingerprint density at radius 3 is 2.32 bits per heavy atom. The molecule has 37 heavy (non-hydrogen) atoms. The summed E-state index contributed by atoms with van der Waals surface area (Å²) in [5, 5.41) is 3.32. The monoisotopic (exact) mass is 508 g/mol. The molecule has 4 atom stereocenters. The average Bonchev–Trinajstić information content (AvgIpc) is 3.54. The van der Waals surface area contributed by atoms with Gasteiger partial charge in [-0.2, -0.15) is 4.98 Å². The zero-order chi connectivity index (χ0) is 25.7. The van der Waals surface area contributed by atoms with Gasteiger partial charge in [-0.1, -0.05) is 12.5 Å². The lowest BCUT2D eigenvalue weighted by Gasteiger charge is -2.47. The number of urea groups is 1. The minimum absolute atomic E-state index is 0.0549. The quantitative estimate of drug-likeness (QED) is 0.681. The van der Waals surface area contributed by atoms with Gasteiger partial charge < -0.3 is 29.3 Å². The van der Waals surface area contributed by atoms with Crippen LogP contribution in [0.2, 0.25) is 0 Å². The van der Waals surface area contributed by atoms with Crippen LogP contribution in [0.3, 0.4) is 0 Å². The molecule has 9 nitrogen and oxygen atoms in total. The molecule has 4 fully saturated rings. The summed E-state index contributed by atoms with van der Waals surface area (Å²) in [5.41, 5.74) is 1.80. The number of para-hydroxylation sites is 1. The Labute approximate surface area is 219 Å². The van der Waals surface area contributed by atoms with E-state index in [9.17, 15) is 9.59 Å². The molecular weight excluding hydrogens is 468 g/mol.